The molecule has 1 aromatic heterocycles. The number of nitrogens with zero attached hydrogens (tertiary/aromatic N) is 3. The first-order valence-electron chi connectivity index (χ1n) is 6.51. The van der Waals surface area contributed by atoms with Crippen LogP contribution in [-0.2, 0) is 0 Å². The summed E-state index contributed by atoms with van der Waals surface area (Å²) in [5.74, 6) is 0.744. The van der Waals surface area contributed by atoms with E-state index in [4.69, 9.17) is 4.74 Å². The summed E-state index contributed by atoms with van der Waals surface area (Å²) in [7, 11) is 5.88. The molecule has 1 aliphatic heterocycles. The highest BCUT2D eigenvalue weighted by molar-refractivity contribution is 5.96. The van der Waals surface area contributed by atoms with Gasteiger partial charge < -0.3 is 14.5 Å². The van der Waals surface area contributed by atoms with E-state index < -0.39 is 0 Å². The Bertz CT molecular complexity index is 462. The molecule has 2 rings (SSSR count). The average molecular weight is 263 g/mol. The standard InChI is InChI=1S/C14H21N3O2/c1-10(8-16(2)3)12-9-17(4)14(18)11-6-5-7-15-13(11)19-12/h5-7,10,12H,8-9H2,1-4H3. The van der Waals surface area contributed by atoms with Gasteiger partial charge in [0.1, 0.15) is 11.7 Å². The van der Waals surface area contributed by atoms with Crippen molar-refractivity contribution in [1.29, 1.82) is 0 Å². The Morgan fingerprint density at radius 1 is 1.58 bits per heavy atom. The van der Waals surface area contributed by atoms with Crippen molar-refractivity contribution in [3.63, 3.8) is 0 Å². The zero-order valence-electron chi connectivity index (χ0n) is 12.0. The van der Waals surface area contributed by atoms with Crippen LogP contribution in [-0.4, -0.2) is 61.0 Å². The Morgan fingerprint density at radius 3 is 3.00 bits per heavy atom. The Labute approximate surface area is 114 Å². The van der Waals surface area contributed by atoms with E-state index in [2.05, 4.69) is 16.8 Å². The molecule has 0 spiro atoms. The van der Waals surface area contributed by atoms with Gasteiger partial charge in [0.25, 0.3) is 5.91 Å². The molecule has 0 radical (unpaired) electrons. The summed E-state index contributed by atoms with van der Waals surface area (Å²) in [6.45, 7) is 3.63. The smallest absolute Gasteiger partial charge is 0.259 e. The highest BCUT2D eigenvalue weighted by Gasteiger charge is 2.30. The van der Waals surface area contributed by atoms with Gasteiger partial charge in [-0.3, -0.25) is 4.79 Å². The number of pyridine rings is 1. The zero-order chi connectivity index (χ0) is 14.0. The lowest BCUT2D eigenvalue weighted by Gasteiger charge is -2.27. The Kier molecular flexibility index (Phi) is 4.04. The minimum absolute atomic E-state index is 0.0253. The molecule has 0 saturated carbocycles. The average Bonchev–Trinajstić information content (AvgIpc) is 2.48. The first-order valence-corrected chi connectivity index (χ1v) is 6.51. The molecular formula is C14H21N3O2. The normalized spacial score (nSPS) is 20.8. The first-order chi connectivity index (χ1) is 8.99. The minimum atomic E-state index is -0.0347. The molecule has 1 aromatic rings. The van der Waals surface area contributed by atoms with Crippen LogP contribution in [0.4, 0.5) is 0 Å². The second-order valence-electron chi connectivity index (χ2n) is 5.44. The number of likely N-dealkylation sites (N-methyl/N-ethyl adjacent to an activating group) is 1. The lowest BCUT2D eigenvalue weighted by Crippen LogP contribution is -2.40. The number of carbonyl (C=O) groups excluding carboxylic acids is 1. The third-order valence-electron chi connectivity index (χ3n) is 3.35. The predicted octanol–water partition coefficient (Wildman–Crippen LogP) is 1.11. The van der Waals surface area contributed by atoms with Gasteiger partial charge in [0.2, 0.25) is 5.88 Å². The molecule has 5 nitrogen and oxygen atoms in total. The fourth-order valence-electron chi connectivity index (χ4n) is 2.38. The van der Waals surface area contributed by atoms with E-state index in [0.29, 0.717) is 23.9 Å². The van der Waals surface area contributed by atoms with E-state index in [1.54, 1.807) is 23.2 Å². The molecule has 0 N–H and O–H groups in total. The van der Waals surface area contributed by atoms with Gasteiger partial charge >= 0.3 is 0 Å². The maximum Gasteiger partial charge on any atom is 0.259 e. The van der Waals surface area contributed by atoms with Gasteiger partial charge in [-0.1, -0.05) is 6.92 Å². The summed E-state index contributed by atoms with van der Waals surface area (Å²) >= 11 is 0. The summed E-state index contributed by atoms with van der Waals surface area (Å²) in [6.07, 6.45) is 1.62. The van der Waals surface area contributed by atoms with Gasteiger partial charge in [-0.2, -0.15) is 0 Å². The quantitative estimate of drug-likeness (QED) is 0.819. The summed E-state index contributed by atoms with van der Waals surface area (Å²) < 4.78 is 5.96. The van der Waals surface area contributed by atoms with Crippen molar-refractivity contribution in [2.24, 2.45) is 5.92 Å². The van der Waals surface area contributed by atoms with Gasteiger partial charge in [-0.15, -0.1) is 0 Å². The number of hydrogen-bond donors (Lipinski definition) is 0. The van der Waals surface area contributed by atoms with E-state index in [-0.39, 0.29) is 12.0 Å². The molecule has 0 saturated heterocycles. The number of fused-ring (bicyclic) bond motifs is 1. The zero-order valence-corrected chi connectivity index (χ0v) is 12.0. The summed E-state index contributed by atoms with van der Waals surface area (Å²) in [6, 6.07) is 3.53. The lowest BCUT2D eigenvalue weighted by atomic mass is 10.0. The van der Waals surface area contributed by atoms with Crippen LogP contribution in [0.2, 0.25) is 0 Å². The molecule has 2 heterocycles. The van der Waals surface area contributed by atoms with Crippen molar-refractivity contribution in [3.05, 3.63) is 23.9 Å². The molecular weight excluding hydrogens is 242 g/mol. The van der Waals surface area contributed by atoms with Gasteiger partial charge in [0.15, 0.2) is 0 Å². The van der Waals surface area contributed by atoms with Crippen LogP contribution in [0, 0.1) is 5.92 Å². The Morgan fingerprint density at radius 2 is 2.32 bits per heavy atom. The summed E-state index contributed by atoms with van der Waals surface area (Å²) in [5, 5.41) is 0. The number of aromatic nitrogens is 1. The number of hydrogen-bond acceptors (Lipinski definition) is 4. The Balaban J connectivity index is 2.25. The molecule has 1 amide bonds. The fourth-order valence-corrected chi connectivity index (χ4v) is 2.38. The van der Waals surface area contributed by atoms with E-state index in [9.17, 15) is 4.79 Å². The van der Waals surface area contributed by atoms with Crippen molar-refractivity contribution in [1.82, 2.24) is 14.8 Å². The molecule has 0 aliphatic carbocycles. The van der Waals surface area contributed by atoms with E-state index in [1.807, 2.05) is 21.1 Å². The largest absolute Gasteiger partial charge is 0.472 e. The van der Waals surface area contributed by atoms with Crippen molar-refractivity contribution in [3.8, 4) is 5.88 Å². The summed E-state index contributed by atoms with van der Waals surface area (Å²) in [4.78, 5) is 20.3. The van der Waals surface area contributed by atoms with Crippen LogP contribution in [0.15, 0.2) is 18.3 Å². The monoisotopic (exact) mass is 263 g/mol. The minimum Gasteiger partial charge on any atom is -0.472 e. The molecule has 19 heavy (non-hydrogen) atoms. The molecule has 0 bridgehead atoms. The third-order valence-corrected chi connectivity index (χ3v) is 3.35. The second kappa shape index (κ2) is 5.57. The van der Waals surface area contributed by atoms with E-state index in [1.165, 1.54) is 0 Å². The molecule has 104 valence electrons. The topological polar surface area (TPSA) is 45.7 Å². The first kappa shape index (κ1) is 13.8. The maximum absolute atomic E-state index is 12.2. The van der Waals surface area contributed by atoms with E-state index >= 15 is 0 Å². The molecule has 2 atom stereocenters. The van der Waals surface area contributed by atoms with Crippen molar-refractivity contribution in [2.75, 3.05) is 34.2 Å². The molecule has 2 unspecified atom stereocenters. The SMILES string of the molecule is CC(CN(C)C)C1CN(C)C(=O)c2cccnc2O1. The second-order valence-corrected chi connectivity index (χ2v) is 5.44. The van der Waals surface area contributed by atoms with Crippen LogP contribution in [0.5, 0.6) is 5.88 Å². The third kappa shape index (κ3) is 3.04. The fraction of sp³-hybridized carbons (Fsp3) is 0.571. The molecule has 1 aliphatic rings. The Hall–Kier alpha value is -1.62. The van der Waals surface area contributed by atoms with Crippen molar-refractivity contribution in [2.45, 2.75) is 13.0 Å². The molecule has 0 fully saturated rings. The maximum atomic E-state index is 12.2. The van der Waals surface area contributed by atoms with Gasteiger partial charge in [0, 0.05) is 25.7 Å². The highest BCUT2D eigenvalue weighted by Crippen LogP contribution is 2.24. The number of ether oxygens (including phenoxy) is 1. The van der Waals surface area contributed by atoms with Crippen molar-refractivity contribution >= 4 is 5.91 Å². The van der Waals surface area contributed by atoms with Crippen LogP contribution in [0.1, 0.15) is 17.3 Å². The van der Waals surface area contributed by atoms with Crippen LogP contribution < -0.4 is 4.74 Å². The molecule has 0 aromatic carbocycles. The summed E-state index contributed by atoms with van der Waals surface area (Å²) in [5.41, 5.74) is 0.546. The van der Waals surface area contributed by atoms with Crippen LogP contribution in [0.25, 0.3) is 0 Å². The predicted molar refractivity (Wildman–Crippen MR) is 73.3 cm³/mol. The van der Waals surface area contributed by atoms with Crippen LogP contribution >= 0.6 is 0 Å². The number of amides is 1. The highest BCUT2D eigenvalue weighted by atomic mass is 16.5. The lowest BCUT2D eigenvalue weighted by molar-refractivity contribution is 0.0679. The van der Waals surface area contributed by atoms with Gasteiger partial charge in [-0.25, -0.2) is 4.98 Å². The number of carbonyl (C=O) groups is 1. The van der Waals surface area contributed by atoms with Crippen LogP contribution in [0.3, 0.4) is 0 Å². The van der Waals surface area contributed by atoms with Gasteiger partial charge in [-0.05, 0) is 26.2 Å². The van der Waals surface area contributed by atoms with E-state index in [0.717, 1.165) is 6.54 Å². The molecule has 5 heteroatoms. The van der Waals surface area contributed by atoms with Crippen molar-refractivity contribution < 1.29 is 9.53 Å². The van der Waals surface area contributed by atoms with Gasteiger partial charge in [0.05, 0.1) is 6.54 Å². The number of rotatable bonds is 3.